The van der Waals surface area contributed by atoms with Crippen LogP contribution in [0.3, 0.4) is 0 Å². The van der Waals surface area contributed by atoms with Crippen LogP contribution in [0.5, 0.6) is 0 Å². The standard InChI is InChI=1S/C16H14ClF2N/c17-14-7-13(18)8-15(19)16(14)20-9-10-2-1-3-12(6-10)11-4-5-11/h1-3,6-8,11,20H,4-5,9H2. The molecule has 3 rings (SSSR count). The van der Waals surface area contributed by atoms with Crippen molar-refractivity contribution in [3.8, 4) is 0 Å². The topological polar surface area (TPSA) is 12.0 Å². The fraction of sp³-hybridized carbons (Fsp3) is 0.250. The van der Waals surface area contributed by atoms with Gasteiger partial charge in [-0.25, -0.2) is 8.78 Å². The van der Waals surface area contributed by atoms with E-state index in [-0.39, 0.29) is 10.7 Å². The Hall–Kier alpha value is -1.61. The number of halogens is 3. The molecule has 1 nitrogen and oxygen atoms in total. The van der Waals surface area contributed by atoms with Crippen LogP contribution in [0, 0.1) is 11.6 Å². The summed E-state index contributed by atoms with van der Waals surface area (Å²) in [6, 6.07) is 10.2. The molecule has 4 heteroatoms. The third-order valence-electron chi connectivity index (χ3n) is 3.48. The molecule has 0 amide bonds. The van der Waals surface area contributed by atoms with Crippen molar-refractivity contribution in [1.82, 2.24) is 0 Å². The van der Waals surface area contributed by atoms with Gasteiger partial charge in [-0.15, -0.1) is 0 Å². The number of hydrogen-bond donors (Lipinski definition) is 1. The van der Waals surface area contributed by atoms with Crippen LogP contribution in [0.4, 0.5) is 14.5 Å². The molecular weight excluding hydrogens is 280 g/mol. The highest BCUT2D eigenvalue weighted by Crippen LogP contribution is 2.40. The van der Waals surface area contributed by atoms with E-state index in [2.05, 4.69) is 17.4 Å². The van der Waals surface area contributed by atoms with Crippen molar-refractivity contribution < 1.29 is 8.78 Å². The average molecular weight is 294 g/mol. The quantitative estimate of drug-likeness (QED) is 0.826. The lowest BCUT2D eigenvalue weighted by atomic mass is 10.1. The molecule has 20 heavy (non-hydrogen) atoms. The van der Waals surface area contributed by atoms with Gasteiger partial charge in [0.15, 0.2) is 5.82 Å². The lowest BCUT2D eigenvalue weighted by molar-refractivity contribution is 0.585. The predicted octanol–water partition coefficient (Wildman–Crippen LogP) is 5.11. The second-order valence-corrected chi connectivity index (χ2v) is 5.52. The van der Waals surface area contributed by atoms with Crippen molar-refractivity contribution in [3.63, 3.8) is 0 Å². The van der Waals surface area contributed by atoms with E-state index >= 15 is 0 Å². The molecule has 0 unspecified atom stereocenters. The van der Waals surface area contributed by atoms with Crippen LogP contribution in [0.1, 0.15) is 29.9 Å². The molecule has 1 fully saturated rings. The SMILES string of the molecule is Fc1cc(F)c(NCc2cccc(C3CC3)c2)c(Cl)c1. The molecule has 0 aliphatic heterocycles. The molecular formula is C16H14ClF2N. The molecule has 2 aromatic carbocycles. The molecule has 104 valence electrons. The Bertz CT molecular complexity index is 615. The molecule has 1 aliphatic carbocycles. The molecule has 0 heterocycles. The van der Waals surface area contributed by atoms with Crippen LogP contribution in [-0.2, 0) is 6.54 Å². The van der Waals surface area contributed by atoms with Crippen molar-refractivity contribution in [3.05, 3.63) is 64.2 Å². The van der Waals surface area contributed by atoms with Gasteiger partial charge in [-0.2, -0.15) is 0 Å². The van der Waals surface area contributed by atoms with E-state index in [0.717, 1.165) is 17.7 Å². The van der Waals surface area contributed by atoms with Gasteiger partial charge in [-0.3, -0.25) is 0 Å². The molecule has 0 saturated heterocycles. The predicted molar refractivity (Wildman–Crippen MR) is 77.1 cm³/mol. The van der Waals surface area contributed by atoms with Gasteiger partial charge in [-0.05, 0) is 36.0 Å². The Morgan fingerprint density at radius 1 is 1.15 bits per heavy atom. The highest BCUT2D eigenvalue weighted by Gasteiger charge is 2.23. The minimum absolute atomic E-state index is 0.0563. The Morgan fingerprint density at radius 2 is 1.95 bits per heavy atom. The summed E-state index contributed by atoms with van der Waals surface area (Å²) in [7, 11) is 0. The Morgan fingerprint density at radius 3 is 2.65 bits per heavy atom. The first-order chi connectivity index (χ1) is 9.63. The first-order valence-electron chi connectivity index (χ1n) is 6.61. The van der Waals surface area contributed by atoms with Gasteiger partial charge >= 0.3 is 0 Å². The number of benzene rings is 2. The maximum Gasteiger partial charge on any atom is 0.150 e. The molecule has 1 aliphatic rings. The van der Waals surface area contributed by atoms with Gasteiger partial charge in [-0.1, -0.05) is 35.9 Å². The van der Waals surface area contributed by atoms with Crippen molar-refractivity contribution in [1.29, 1.82) is 0 Å². The van der Waals surface area contributed by atoms with Crippen LogP contribution < -0.4 is 5.32 Å². The summed E-state index contributed by atoms with van der Waals surface area (Å²) >= 11 is 5.85. The summed E-state index contributed by atoms with van der Waals surface area (Å²) in [4.78, 5) is 0. The van der Waals surface area contributed by atoms with Crippen LogP contribution >= 0.6 is 11.6 Å². The van der Waals surface area contributed by atoms with Crippen LogP contribution in [0.25, 0.3) is 0 Å². The molecule has 0 radical (unpaired) electrons. The second kappa shape index (κ2) is 5.41. The van der Waals surface area contributed by atoms with Crippen LogP contribution in [-0.4, -0.2) is 0 Å². The van der Waals surface area contributed by atoms with E-state index in [1.165, 1.54) is 18.4 Å². The zero-order chi connectivity index (χ0) is 14.1. The third-order valence-corrected chi connectivity index (χ3v) is 3.77. The Kier molecular flexibility index (Phi) is 3.62. The first-order valence-corrected chi connectivity index (χ1v) is 6.98. The minimum Gasteiger partial charge on any atom is -0.377 e. The number of rotatable bonds is 4. The van der Waals surface area contributed by atoms with Crippen LogP contribution in [0.15, 0.2) is 36.4 Å². The van der Waals surface area contributed by atoms with Crippen molar-refractivity contribution in [2.75, 3.05) is 5.32 Å². The fourth-order valence-electron chi connectivity index (χ4n) is 2.28. The van der Waals surface area contributed by atoms with Crippen molar-refractivity contribution >= 4 is 17.3 Å². The van der Waals surface area contributed by atoms with E-state index < -0.39 is 11.6 Å². The van der Waals surface area contributed by atoms with Gasteiger partial charge in [0.2, 0.25) is 0 Å². The fourth-order valence-corrected chi connectivity index (χ4v) is 2.54. The lowest BCUT2D eigenvalue weighted by Gasteiger charge is -2.10. The van der Waals surface area contributed by atoms with Gasteiger partial charge in [0.25, 0.3) is 0 Å². The van der Waals surface area contributed by atoms with Crippen LogP contribution in [0.2, 0.25) is 5.02 Å². The monoisotopic (exact) mass is 293 g/mol. The molecule has 0 aromatic heterocycles. The minimum atomic E-state index is -0.673. The maximum atomic E-state index is 13.6. The van der Waals surface area contributed by atoms with E-state index in [1.54, 1.807) is 0 Å². The Balaban J connectivity index is 1.74. The second-order valence-electron chi connectivity index (χ2n) is 5.12. The van der Waals surface area contributed by atoms with Gasteiger partial charge in [0.1, 0.15) is 5.82 Å². The smallest absolute Gasteiger partial charge is 0.150 e. The highest BCUT2D eigenvalue weighted by atomic mass is 35.5. The number of nitrogens with one attached hydrogen (secondary N) is 1. The van der Waals surface area contributed by atoms with Gasteiger partial charge in [0, 0.05) is 12.6 Å². The van der Waals surface area contributed by atoms with E-state index in [4.69, 9.17) is 11.6 Å². The third kappa shape index (κ3) is 2.93. The molecule has 0 spiro atoms. The van der Waals surface area contributed by atoms with E-state index in [0.29, 0.717) is 12.5 Å². The summed E-state index contributed by atoms with van der Waals surface area (Å²) in [6.07, 6.45) is 2.49. The van der Waals surface area contributed by atoms with Crippen molar-refractivity contribution in [2.24, 2.45) is 0 Å². The Labute approximate surface area is 121 Å². The summed E-state index contributed by atoms with van der Waals surface area (Å²) in [5, 5.41) is 2.99. The summed E-state index contributed by atoms with van der Waals surface area (Å²) in [6.45, 7) is 0.461. The van der Waals surface area contributed by atoms with Gasteiger partial charge < -0.3 is 5.32 Å². The largest absolute Gasteiger partial charge is 0.377 e. The van der Waals surface area contributed by atoms with Gasteiger partial charge in [0.05, 0.1) is 10.7 Å². The molecule has 0 atom stereocenters. The first kappa shape index (κ1) is 13.4. The molecule has 1 saturated carbocycles. The summed E-state index contributed by atoms with van der Waals surface area (Å²) in [5.41, 5.74) is 2.54. The number of anilines is 1. The van der Waals surface area contributed by atoms with E-state index in [9.17, 15) is 8.78 Å². The average Bonchev–Trinajstić information content (AvgIpc) is 3.22. The highest BCUT2D eigenvalue weighted by molar-refractivity contribution is 6.33. The van der Waals surface area contributed by atoms with E-state index in [1.807, 2.05) is 12.1 Å². The molecule has 1 N–H and O–H groups in total. The zero-order valence-electron chi connectivity index (χ0n) is 10.8. The number of hydrogen-bond acceptors (Lipinski definition) is 1. The normalized spacial score (nSPS) is 14.3. The zero-order valence-corrected chi connectivity index (χ0v) is 11.6. The molecule has 2 aromatic rings. The lowest BCUT2D eigenvalue weighted by Crippen LogP contribution is -2.03. The summed E-state index contributed by atoms with van der Waals surface area (Å²) in [5.74, 6) is -0.664. The van der Waals surface area contributed by atoms with Crippen molar-refractivity contribution in [2.45, 2.75) is 25.3 Å². The maximum absolute atomic E-state index is 13.6. The summed E-state index contributed by atoms with van der Waals surface area (Å²) < 4.78 is 26.6. The molecule has 0 bridgehead atoms.